The van der Waals surface area contributed by atoms with Crippen LogP contribution in [0.3, 0.4) is 0 Å². The molecule has 23 heavy (non-hydrogen) atoms. The van der Waals surface area contributed by atoms with Crippen LogP contribution in [0.4, 0.5) is 5.69 Å². The molecule has 0 heterocycles. The van der Waals surface area contributed by atoms with Gasteiger partial charge in [-0.05, 0) is 55.0 Å². The summed E-state index contributed by atoms with van der Waals surface area (Å²) in [7, 11) is 5.05. The molecule has 0 aliphatic heterocycles. The van der Waals surface area contributed by atoms with Crippen molar-refractivity contribution in [2.45, 2.75) is 6.92 Å². The highest BCUT2D eigenvalue weighted by Crippen LogP contribution is 2.33. The zero-order valence-corrected chi connectivity index (χ0v) is 13.8. The number of allylic oxidation sites excluding steroid dienone is 1. The summed E-state index contributed by atoms with van der Waals surface area (Å²) in [6.07, 6.45) is 3.27. The Morgan fingerprint density at radius 1 is 1.04 bits per heavy atom. The van der Waals surface area contributed by atoms with E-state index in [1.165, 1.54) is 6.08 Å². The monoisotopic (exact) mass is 311 g/mol. The molecule has 120 valence electrons. The molecule has 1 N–H and O–H groups in total. The van der Waals surface area contributed by atoms with Gasteiger partial charge in [-0.3, -0.25) is 4.79 Å². The van der Waals surface area contributed by atoms with E-state index in [-0.39, 0.29) is 5.78 Å². The average molecular weight is 311 g/mol. The van der Waals surface area contributed by atoms with Crippen molar-refractivity contribution in [3.63, 3.8) is 0 Å². The Morgan fingerprint density at radius 3 is 2.30 bits per heavy atom. The van der Waals surface area contributed by atoms with Crippen LogP contribution in [-0.2, 0) is 0 Å². The molecule has 0 radical (unpaired) electrons. The van der Waals surface area contributed by atoms with Gasteiger partial charge >= 0.3 is 0 Å². The Hall–Kier alpha value is -2.75. The van der Waals surface area contributed by atoms with Crippen LogP contribution in [-0.4, -0.2) is 27.1 Å². The van der Waals surface area contributed by atoms with Gasteiger partial charge in [-0.15, -0.1) is 0 Å². The normalized spacial score (nSPS) is 10.6. The SMILES string of the molecule is CNc1ccc(C(=O)C=Cc2c(OC)ccc(C)c2OC)cc1. The molecule has 0 saturated carbocycles. The van der Waals surface area contributed by atoms with Crippen molar-refractivity contribution in [3.05, 3.63) is 59.2 Å². The predicted molar refractivity (Wildman–Crippen MR) is 93.6 cm³/mol. The number of ether oxygens (including phenoxy) is 2. The van der Waals surface area contributed by atoms with Crippen molar-refractivity contribution in [2.24, 2.45) is 0 Å². The van der Waals surface area contributed by atoms with Gasteiger partial charge in [-0.25, -0.2) is 0 Å². The second kappa shape index (κ2) is 7.49. The van der Waals surface area contributed by atoms with E-state index in [1.807, 2.05) is 38.2 Å². The van der Waals surface area contributed by atoms with Crippen LogP contribution in [0.25, 0.3) is 6.08 Å². The summed E-state index contributed by atoms with van der Waals surface area (Å²) in [4.78, 5) is 12.3. The topological polar surface area (TPSA) is 47.6 Å². The Balaban J connectivity index is 2.31. The molecule has 0 aromatic heterocycles. The summed E-state index contributed by atoms with van der Waals surface area (Å²) >= 11 is 0. The maximum Gasteiger partial charge on any atom is 0.185 e. The molecule has 0 aliphatic carbocycles. The maximum atomic E-state index is 12.3. The molecule has 2 aromatic rings. The van der Waals surface area contributed by atoms with E-state index in [1.54, 1.807) is 32.4 Å². The summed E-state index contributed by atoms with van der Waals surface area (Å²) in [5.74, 6) is 1.30. The minimum absolute atomic E-state index is 0.0711. The van der Waals surface area contributed by atoms with E-state index < -0.39 is 0 Å². The minimum Gasteiger partial charge on any atom is -0.496 e. The summed E-state index contributed by atoms with van der Waals surface area (Å²) < 4.78 is 10.8. The number of hydrogen-bond acceptors (Lipinski definition) is 4. The second-order valence-electron chi connectivity index (χ2n) is 5.06. The first-order chi connectivity index (χ1) is 11.1. The smallest absolute Gasteiger partial charge is 0.185 e. The van der Waals surface area contributed by atoms with Gasteiger partial charge in [0.05, 0.1) is 19.8 Å². The Bertz CT molecular complexity index is 718. The number of carbonyl (C=O) groups is 1. The molecular weight excluding hydrogens is 290 g/mol. The third-order valence-electron chi connectivity index (χ3n) is 3.64. The number of rotatable bonds is 6. The van der Waals surface area contributed by atoms with Crippen molar-refractivity contribution in [1.82, 2.24) is 0 Å². The van der Waals surface area contributed by atoms with Gasteiger partial charge in [0.2, 0.25) is 0 Å². The average Bonchev–Trinajstić information content (AvgIpc) is 2.59. The lowest BCUT2D eigenvalue weighted by Gasteiger charge is -2.12. The first-order valence-corrected chi connectivity index (χ1v) is 7.32. The fourth-order valence-electron chi connectivity index (χ4n) is 2.35. The molecule has 2 aromatic carbocycles. The van der Waals surface area contributed by atoms with Crippen LogP contribution in [0.5, 0.6) is 11.5 Å². The third kappa shape index (κ3) is 3.72. The summed E-state index contributed by atoms with van der Waals surface area (Å²) in [6, 6.07) is 11.1. The molecule has 0 saturated heterocycles. The maximum absolute atomic E-state index is 12.3. The number of nitrogens with one attached hydrogen (secondary N) is 1. The lowest BCUT2D eigenvalue weighted by Crippen LogP contribution is -1.97. The third-order valence-corrected chi connectivity index (χ3v) is 3.64. The molecule has 0 amide bonds. The van der Waals surface area contributed by atoms with Crippen LogP contribution in [0.1, 0.15) is 21.5 Å². The highest BCUT2D eigenvalue weighted by molar-refractivity contribution is 6.07. The molecule has 0 spiro atoms. The van der Waals surface area contributed by atoms with Gasteiger partial charge in [-0.1, -0.05) is 6.07 Å². The number of methoxy groups -OCH3 is 2. The molecule has 4 nitrogen and oxygen atoms in total. The van der Waals surface area contributed by atoms with Crippen molar-refractivity contribution in [3.8, 4) is 11.5 Å². The number of carbonyl (C=O) groups excluding carboxylic acids is 1. The van der Waals surface area contributed by atoms with E-state index in [4.69, 9.17) is 9.47 Å². The van der Waals surface area contributed by atoms with Gasteiger partial charge in [0.1, 0.15) is 11.5 Å². The fourth-order valence-corrected chi connectivity index (χ4v) is 2.35. The molecule has 0 atom stereocenters. The first kappa shape index (κ1) is 16.6. The van der Waals surface area contributed by atoms with Crippen LogP contribution >= 0.6 is 0 Å². The lowest BCUT2D eigenvalue weighted by atomic mass is 10.1. The Morgan fingerprint density at radius 2 is 1.74 bits per heavy atom. The van der Waals surface area contributed by atoms with E-state index in [2.05, 4.69) is 5.32 Å². The second-order valence-corrected chi connectivity index (χ2v) is 5.06. The minimum atomic E-state index is -0.0711. The summed E-state index contributed by atoms with van der Waals surface area (Å²) in [5.41, 5.74) is 3.34. The van der Waals surface area contributed by atoms with Gasteiger partial charge < -0.3 is 14.8 Å². The standard InChI is InChI=1S/C19H21NO3/c1-13-5-12-18(22-3)16(19(13)23-4)10-11-17(21)14-6-8-15(20-2)9-7-14/h5-12,20H,1-4H3. The molecule has 0 bridgehead atoms. The number of aryl methyl sites for hydroxylation is 1. The van der Waals surface area contributed by atoms with E-state index >= 15 is 0 Å². The van der Waals surface area contributed by atoms with Crippen molar-refractivity contribution >= 4 is 17.5 Å². The van der Waals surface area contributed by atoms with Gasteiger partial charge in [0, 0.05) is 18.3 Å². The van der Waals surface area contributed by atoms with E-state index in [0.717, 1.165) is 16.8 Å². The van der Waals surface area contributed by atoms with Crippen LogP contribution in [0.15, 0.2) is 42.5 Å². The Labute approximate surface area is 136 Å². The molecule has 2 rings (SSSR count). The number of anilines is 1. The molecular formula is C19H21NO3. The van der Waals surface area contributed by atoms with Crippen LogP contribution in [0, 0.1) is 6.92 Å². The number of benzene rings is 2. The molecule has 0 fully saturated rings. The number of ketones is 1. The zero-order chi connectivity index (χ0) is 16.8. The quantitative estimate of drug-likeness (QED) is 0.648. The van der Waals surface area contributed by atoms with Crippen LogP contribution < -0.4 is 14.8 Å². The number of hydrogen-bond donors (Lipinski definition) is 1. The van der Waals surface area contributed by atoms with Crippen LogP contribution in [0.2, 0.25) is 0 Å². The van der Waals surface area contributed by atoms with Crippen molar-refractivity contribution < 1.29 is 14.3 Å². The largest absolute Gasteiger partial charge is 0.496 e. The van der Waals surface area contributed by atoms with E-state index in [9.17, 15) is 4.79 Å². The summed E-state index contributed by atoms with van der Waals surface area (Å²) in [5, 5.41) is 3.02. The van der Waals surface area contributed by atoms with Gasteiger partial charge in [0.15, 0.2) is 5.78 Å². The highest BCUT2D eigenvalue weighted by atomic mass is 16.5. The first-order valence-electron chi connectivity index (χ1n) is 7.32. The van der Waals surface area contributed by atoms with E-state index in [0.29, 0.717) is 17.1 Å². The Kier molecular flexibility index (Phi) is 5.41. The zero-order valence-electron chi connectivity index (χ0n) is 13.8. The highest BCUT2D eigenvalue weighted by Gasteiger charge is 2.11. The fraction of sp³-hybridized carbons (Fsp3) is 0.211. The van der Waals surface area contributed by atoms with Gasteiger partial charge in [0.25, 0.3) is 0 Å². The van der Waals surface area contributed by atoms with Crippen molar-refractivity contribution in [1.29, 1.82) is 0 Å². The predicted octanol–water partition coefficient (Wildman–Crippen LogP) is 3.95. The molecule has 4 heteroatoms. The van der Waals surface area contributed by atoms with Crippen molar-refractivity contribution in [2.75, 3.05) is 26.6 Å². The molecule has 0 aliphatic rings. The summed E-state index contributed by atoms with van der Waals surface area (Å²) in [6.45, 7) is 1.95. The molecule has 0 unspecified atom stereocenters. The van der Waals surface area contributed by atoms with Gasteiger partial charge in [-0.2, -0.15) is 0 Å². The lowest BCUT2D eigenvalue weighted by molar-refractivity contribution is 0.104.